The van der Waals surface area contributed by atoms with Gasteiger partial charge < -0.3 is 10.2 Å². The Morgan fingerprint density at radius 2 is 2.18 bits per heavy atom. The predicted molar refractivity (Wildman–Crippen MR) is 42.1 cm³/mol. The highest BCUT2D eigenvalue weighted by Gasteiger charge is 2.43. The van der Waals surface area contributed by atoms with E-state index in [2.05, 4.69) is 11.9 Å². The summed E-state index contributed by atoms with van der Waals surface area (Å²) in [5.41, 5.74) is 0. The first-order valence-electron chi connectivity index (χ1n) is 3.98. The molecule has 3 saturated heterocycles. The molecule has 0 radical (unpaired) electrons. The number of carbonyl (C=O) groups excluding carboxylic acids is 1. The summed E-state index contributed by atoms with van der Waals surface area (Å²) in [7, 11) is 0. The Balaban J connectivity index is 2.05. The lowest BCUT2D eigenvalue weighted by molar-refractivity contribution is -0.141. The average Bonchev–Trinajstić information content (AvgIpc) is 2.05. The van der Waals surface area contributed by atoms with Gasteiger partial charge in [-0.15, -0.1) is 0 Å². The molecule has 0 saturated carbocycles. The third kappa shape index (κ3) is 0.878. The lowest BCUT2D eigenvalue weighted by atomic mass is 9.89. The fourth-order valence-electron chi connectivity index (χ4n) is 1.95. The summed E-state index contributed by atoms with van der Waals surface area (Å²) in [4.78, 5) is 13.1. The van der Waals surface area contributed by atoms with Crippen molar-refractivity contribution in [2.24, 2.45) is 0 Å². The van der Waals surface area contributed by atoms with Gasteiger partial charge in [0.2, 0.25) is 5.91 Å². The molecule has 3 nitrogen and oxygen atoms in total. The number of amides is 1. The Morgan fingerprint density at radius 1 is 1.55 bits per heavy atom. The molecule has 3 heterocycles. The third-order valence-corrected chi connectivity index (χ3v) is 2.52. The van der Waals surface area contributed by atoms with Gasteiger partial charge in [0.25, 0.3) is 0 Å². The van der Waals surface area contributed by atoms with Crippen molar-refractivity contribution in [2.45, 2.75) is 18.5 Å². The van der Waals surface area contributed by atoms with Crippen molar-refractivity contribution >= 4 is 5.91 Å². The van der Waals surface area contributed by atoms with Gasteiger partial charge in [0.1, 0.15) is 0 Å². The monoisotopic (exact) mass is 152 g/mol. The zero-order valence-electron chi connectivity index (χ0n) is 6.42. The maximum Gasteiger partial charge on any atom is 0.246 e. The van der Waals surface area contributed by atoms with E-state index in [4.69, 9.17) is 0 Å². The minimum Gasteiger partial charge on any atom is -0.330 e. The van der Waals surface area contributed by atoms with Gasteiger partial charge in [0.05, 0.1) is 0 Å². The molecule has 60 valence electrons. The van der Waals surface area contributed by atoms with Crippen LogP contribution < -0.4 is 5.32 Å². The number of piperazine rings is 1. The van der Waals surface area contributed by atoms with E-state index in [0.717, 1.165) is 13.1 Å². The molecule has 11 heavy (non-hydrogen) atoms. The van der Waals surface area contributed by atoms with Crippen LogP contribution >= 0.6 is 0 Å². The SMILES string of the molecule is C=CC(=O)N1C2CNCC1C2. The molecule has 2 atom stereocenters. The molecule has 3 heteroatoms. The third-order valence-electron chi connectivity index (χ3n) is 2.52. The normalized spacial score (nSPS) is 34.4. The molecule has 3 aliphatic rings. The van der Waals surface area contributed by atoms with Crippen molar-refractivity contribution in [3.05, 3.63) is 12.7 Å². The van der Waals surface area contributed by atoms with Gasteiger partial charge in [-0.25, -0.2) is 0 Å². The minimum atomic E-state index is 0.0905. The van der Waals surface area contributed by atoms with Gasteiger partial charge in [-0.2, -0.15) is 0 Å². The smallest absolute Gasteiger partial charge is 0.246 e. The van der Waals surface area contributed by atoms with E-state index in [1.165, 1.54) is 12.5 Å². The second-order valence-corrected chi connectivity index (χ2v) is 3.15. The van der Waals surface area contributed by atoms with Crippen molar-refractivity contribution in [1.29, 1.82) is 0 Å². The number of nitrogens with one attached hydrogen (secondary N) is 1. The summed E-state index contributed by atoms with van der Waals surface area (Å²) in [6.45, 7) is 5.39. The van der Waals surface area contributed by atoms with Crippen molar-refractivity contribution in [3.8, 4) is 0 Å². The van der Waals surface area contributed by atoms with E-state index in [0.29, 0.717) is 12.1 Å². The Kier molecular flexibility index (Phi) is 1.46. The van der Waals surface area contributed by atoms with Crippen LogP contribution in [0.2, 0.25) is 0 Å². The molecule has 2 bridgehead atoms. The molecule has 0 aromatic rings. The highest BCUT2D eigenvalue weighted by molar-refractivity contribution is 5.88. The molecule has 0 aromatic heterocycles. The van der Waals surface area contributed by atoms with Crippen molar-refractivity contribution in [1.82, 2.24) is 10.2 Å². The zero-order valence-corrected chi connectivity index (χ0v) is 6.42. The largest absolute Gasteiger partial charge is 0.330 e. The van der Waals surface area contributed by atoms with Gasteiger partial charge in [0.15, 0.2) is 0 Å². The van der Waals surface area contributed by atoms with Crippen LogP contribution in [0.1, 0.15) is 6.42 Å². The van der Waals surface area contributed by atoms with E-state index in [9.17, 15) is 4.79 Å². The summed E-state index contributed by atoms with van der Waals surface area (Å²) < 4.78 is 0. The van der Waals surface area contributed by atoms with Gasteiger partial charge >= 0.3 is 0 Å². The number of fused-ring (bicyclic) bond motifs is 2. The lowest BCUT2D eigenvalue weighted by Gasteiger charge is -2.52. The van der Waals surface area contributed by atoms with Gasteiger partial charge in [-0.1, -0.05) is 6.58 Å². The first-order chi connectivity index (χ1) is 5.33. The van der Waals surface area contributed by atoms with Crippen LogP contribution in [0.5, 0.6) is 0 Å². The molecule has 3 aliphatic heterocycles. The van der Waals surface area contributed by atoms with Gasteiger partial charge in [-0.05, 0) is 12.5 Å². The molecule has 3 rings (SSSR count). The summed E-state index contributed by atoms with van der Waals surface area (Å²) in [5.74, 6) is 0.0905. The van der Waals surface area contributed by atoms with Gasteiger partial charge in [0, 0.05) is 25.2 Å². The second kappa shape index (κ2) is 2.34. The van der Waals surface area contributed by atoms with Crippen LogP contribution in [0.25, 0.3) is 0 Å². The molecule has 3 fully saturated rings. The Labute approximate surface area is 66.1 Å². The minimum absolute atomic E-state index is 0.0905. The number of piperidine rings is 1. The number of carbonyl (C=O) groups is 1. The van der Waals surface area contributed by atoms with Crippen LogP contribution in [0.3, 0.4) is 0 Å². The second-order valence-electron chi connectivity index (χ2n) is 3.15. The number of hydrogen-bond donors (Lipinski definition) is 1. The van der Waals surface area contributed by atoms with Crippen LogP contribution in [0.15, 0.2) is 12.7 Å². The number of nitrogens with zero attached hydrogens (tertiary/aromatic N) is 1. The Bertz CT molecular complexity index is 188. The summed E-state index contributed by atoms with van der Waals surface area (Å²) >= 11 is 0. The van der Waals surface area contributed by atoms with Crippen LogP contribution in [0, 0.1) is 0 Å². The maximum absolute atomic E-state index is 11.2. The summed E-state index contributed by atoms with van der Waals surface area (Å²) in [6, 6.07) is 0.887. The average molecular weight is 152 g/mol. The molecule has 1 N–H and O–H groups in total. The van der Waals surface area contributed by atoms with E-state index >= 15 is 0 Å². The highest BCUT2D eigenvalue weighted by atomic mass is 16.2. The fraction of sp³-hybridized carbons (Fsp3) is 0.625. The standard InChI is InChI=1S/C8H12N2O/c1-2-8(11)10-6-3-7(10)5-9-4-6/h2,6-7,9H,1,3-5H2. The lowest BCUT2D eigenvalue weighted by Crippen LogP contribution is -2.69. The quantitative estimate of drug-likeness (QED) is 0.525. The fourth-order valence-corrected chi connectivity index (χ4v) is 1.95. The van der Waals surface area contributed by atoms with Crippen LogP contribution in [-0.2, 0) is 4.79 Å². The number of hydrogen-bond acceptors (Lipinski definition) is 2. The van der Waals surface area contributed by atoms with Crippen LogP contribution in [0.4, 0.5) is 0 Å². The molecular weight excluding hydrogens is 140 g/mol. The molecular formula is C8H12N2O. The topological polar surface area (TPSA) is 32.3 Å². The summed E-state index contributed by atoms with van der Waals surface area (Å²) in [5, 5.41) is 3.27. The van der Waals surface area contributed by atoms with Crippen molar-refractivity contribution < 1.29 is 4.79 Å². The molecule has 0 spiro atoms. The van der Waals surface area contributed by atoms with E-state index in [-0.39, 0.29) is 5.91 Å². The van der Waals surface area contributed by atoms with E-state index in [1.54, 1.807) is 0 Å². The Hall–Kier alpha value is -0.830. The first-order valence-corrected chi connectivity index (χ1v) is 3.98. The number of rotatable bonds is 1. The molecule has 1 amide bonds. The molecule has 0 aromatic carbocycles. The van der Waals surface area contributed by atoms with Crippen LogP contribution in [-0.4, -0.2) is 36.0 Å². The van der Waals surface area contributed by atoms with Crippen molar-refractivity contribution in [2.75, 3.05) is 13.1 Å². The maximum atomic E-state index is 11.2. The van der Waals surface area contributed by atoms with Crippen molar-refractivity contribution in [3.63, 3.8) is 0 Å². The Morgan fingerprint density at radius 3 is 2.64 bits per heavy atom. The summed E-state index contributed by atoms with van der Waals surface area (Å²) in [6.07, 6.45) is 2.58. The first kappa shape index (κ1) is 6.85. The predicted octanol–water partition coefficient (Wildman–Crippen LogP) is -0.255. The van der Waals surface area contributed by atoms with E-state index < -0.39 is 0 Å². The van der Waals surface area contributed by atoms with Gasteiger partial charge in [-0.3, -0.25) is 4.79 Å². The molecule has 0 aliphatic carbocycles. The highest BCUT2D eigenvalue weighted by Crippen LogP contribution is 2.28. The van der Waals surface area contributed by atoms with E-state index in [1.807, 2.05) is 4.90 Å². The zero-order chi connectivity index (χ0) is 7.84. The molecule has 2 unspecified atom stereocenters.